The second-order valence-electron chi connectivity index (χ2n) is 6.51. The molecule has 0 radical (unpaired) electrons. The monoisotopic (exact) mass is 393 g/mol. The van der Waals surface area contributed by atoms with Crippen LogP contribution >= 0.6 is 0 Å². The highest BCUT2D eigenvalue weighted by molar-refractivity contribution is 5.46. The summed E-state index contributed by atoms with van der Waals surface area (Å²) in [6, 6.07) is 3.48. The molecule has 0 amide bonds. The summed E-state index contributed by atoms with van der Waals surface area (Å²) < 4.78 is 45.6. The topological polar surface area (TPSA) is 81.3 Å². The number of fused-ring (bicyclic) bond motifs is 1. The Balaban J connectivity index is 1.43. The van der Waals surface area contributed by atoms with Gasteiger partial charge in [0, 0.05) is 38.3 Å². The molecule has 0 aliphatic carbocycles. The molecule has 0 saturated carbocycles. The number of aromatic nitrogens is 6. The average Bonchev–Trinajstić information content (AvgIpc) is 3.13. The number of halogens is 3. The summed E-state index contributed by atoms with van der Waals surface area (Å²) in [5.74, 6) is -0.685. The highest BCUT2D eigenvalue weighted by Gasteiger charge is 2.38. The van der Waals surface area contributed by atoms with Crippen molar-refractivity contribution in [1.29, 1.82) is 0 Å². The Morgan fingerprint density at radius 2 is 1.82 bits per heavy atom. The van der Waals surface area contributed by atoms with Crippen molar-refractivity contribution in [2.24, 2.45) is 0 Å². The van der Waals surface area contributed by atoms with E-state index in [0.29, 0.717) is 37.8 Å². The van der Waals surface area contributed by atoms with Gasteiger partial charge in [-0.2, -0.15) is 17.7 Å². The fourth-order valence-corrected chi connectivity index (χ4v) is 3.06. The third kappa shape index (κ3) is 3.69. The fraction of sp³-hybridized carbons (Fsp3) is 0.471. The van der Waals surface area contributed by atoms with Crippen molar-refractivity contribution in [1.82, 2.24) is 29.8 Å². The third-order valence-electron chi connectivity index (χ3n) is 4.63. The van der Waals surface area contributed by atoms with Crippen LogP contribution in [0.1, 0.15) is 31.2 Å². The van der Waals surface area contributed by atoms with E-state index in [1.165, 1.54) is 6.07 Å². The molecule has 0 spiro atoms. The van der Waals surface area contributed by atoms with Crippen LogP contribution in [0.2, 0.25) is 0 Å². The summed E-state index contributed by atoms with van der Waals surface area (Å²) in [7, 11) is 0. The molecule has 0 aromatic carbocycles. The number of nitrogens with zero attached hydrogens (tertiary/aromatic N) is 7. The molecule has 11 heteroatoms. The van der Waals surface area contributed by atoms with Crippen molar-refractivity contribution < 1.29 is 17.9 Å². The minimum absolute atomic E-state index is 0.0481. The Hall–Kier alpha value is -2.98. The van der Waals surface area contributed by atoms with Gasteiger partial charge in [-0.05, 0) is 24.1 Å². The van der Waals surface area contributed by atoms with E-state index in [9.17, 15) is 13.2 Å². The first kappa shape index (κ1) is 18.4. The van der Waals surface area contributed by atoms with E-state index in [4.69, 9.17) is 4.74 Å². The van der Waals surface area contributed by atoms with Crippen LogP contribution < -0.4 is 9.64 Å². The number of ether oxygens (including phenoxy) is 1. The number of aryl methyl sites for hydroxylation is 1. The van der Waals surface area contributed by atoms with Gasteiger partial charge in [-0.15, -0.1) is 15.3 Å². The predicted octanol–water partition coefficient (Wildman–Crippen LogP) is 2.54. The van der Waals surface area contributed by atoms with Crippen LogP contribution in [-0.2, 0) is 12.6 Å². The molecule has 1 aliphatic rings. The lowest BCUT2D eigenvalue weighted by Crippen LogP contribution is -2.39. The molecule has 0 atom stereocenters. The molecule has 4 rings (SSSR count). The van der Waals surface area contributed by atoms with Crippen LogP contribution in [-0.4, -0.2) is 49.0 Å². The molecular formula is C17H18F3N7O. The van der Waals surface area contributed by atoms with Crippen LogP contribution in [0.25, 0.3) is 5.65 Å². The van der Waals surface area contributed by atoms with Gasteiger partial charge in [0.2, 0.25) is 0 Å². The maximum atomic E-state index is 13.0. The summed E-state index contributed by atoms with van der Waals surface area (Å²) in [5, 5.41) is 10.8. The Morgan fingerprint density at radius 3 is 2.46 bits per heavy atom. The van der Waals surface area contributed by atoms with Gasteiger partial charge in [0.05, 0.1) is 0 Å². The standard InChI is InChI=1S/C17H18F3N7O/c1-2-11-9-21-16(22-10-11)28-12-5-7-26(8-6-12)14-4-3-13-23-24-15(17(18,19)20)27(13)25-14/h3-4,9-10,12H,2,5-8H2,1H3. The molecule has 3 aromatic rings. The molecule has 148 valence electrons. The van der Waals surface area contributed by atoms with E-state index >= 15 is 0 Å². The van der Waals surface area contributed by atoms with Gasteiger partial charge < -0.3 is 9.64 Å². The lowest BCUT2D eigenvalue weighted by molar-refractivity contribution is -0.146. The number of alkyl halides is 3. The summed E-state index contributed by atoms with van der Waals surface area (Å²) in [5.41, 5.74) is 1.10. The lowest BCUT2D eigenvalue weighted by Gasteiger charge is -2.32. The molecule has 0 bridgehead atoms. The minimum atomic E-state index is -4.61. The number of rotatable bonds is 4. The van der Waals surface area contributed by atoms with Gasteiger partial charge in [-0.25, -0.2) is 9.97 Å². The Morgan fingerprint density at radius 1 is 1.11 bits per heavy atom. The van der Waals surface area contributed by atoms with Crippen molar-refractivity contribution in [2.75, 3.05) is 18.0 Å². The summed E-state index contributed by atoms with van der Waals surface area (Å²) in [6.45, 7) is 3.22. The van der Waals surface area contributed by atoms with Gasteiger partial charge >= 0.3 is 12.2 Å². The smallest absolute Gasteiger partial charge is 0.453 e. The normalized spacial score (nSPS) is 15.9. The molecular weight excluding hydrogens is 375 g/mol. The number of anilines is 1. The van der Waals surface area contributed by atoms with Crippen molar-refractivity contribution in [3.05, 3.63) is 35.9 Å². The van der Waals surface area contributed by atoms with Crippen molar-refractivity contribution in [3.63, 3.8) is 0 Å². The number of piperidine rings is 1. The summed E-state index contributed by atoms with van der Waals surface area (Å²) in [4.78, 5) is 10.3. The van der Waals surface area contributed by atoms with Gasteiger partial charge in [0.25, 0.3) is 5.82 Å². The fourth-order valence-electron chi connectivity index (χ4n) is 3.06. The van der Waals surface area contributed by atoms with Gasteiger partial charge in [-0.1, -0.05) is 6.92 Å². The van der Waals surface area contributed by atoms with Crippen LogP contribution in [0.5, 0.6) is 6.01 Å². The van der Waals surface area contributed by atoms with Crippen molar-refractivity contribution in [3.8, 4) is 6.01 Å². The van der Waals surface area contributed by atoms with Crippen molar-refractivity contribution in [2.45, 2.75) is 38.5 Å². The van der Waals surface area contributed by atoms with Crippen LogP contribution in [0.4, 0.5) is 19.0 Å². The molecule has 1 aliphatic heterocycles. The SMILES string of the molecule is CCc1cnc(OC2CCN(c3ccc4nnc(C(F)(F)F)n4n3)CC2)nc1. The first-order chi connectivity index (χ1) is 13.4. The van der Waals surface area contributed by atoms with Gasteiger partial charge in [0.1, 0.15) is 11.9 Å². The molecule has 1 fully saturated rings. The van der Waals surface area contributed by atoms with Gasteiger partial charge in [0.15, 0.2) is 5.65 Å². The van der Waals surface area contributed by atoms with E-state index in [1.807, 2.05) is 11.8 Å². The first-order valence-electron chi connectivity index (χ1n) is 8.96. The molecule has 3 aromatic heterocycles. The second-order valence-corrected chi connectivity index (χ2v) is 6.51. The maximum absolute atomic E-state index is 13.0. The lowest BCUT2D eigenvalue weighted by atomic mass is 10.1. The van der Waals surface area contributed by atoms with E-state index < -0.39 is 12.0 Å². The van der Waals surface area contributed by atoms with E-state index in [1.54, 1.807) is 18.5 Å². The Kier molecular flexibility index (Phi) is 4.73. The maximum Gasteiger partial charge on any atom is 0.453 e. The molecule has 0 unspecified atom stereocenters. The van der Waals surface area contributed by atoms with E-state index in [-0.39, 0.29) is 11.8 Å². The third-order valence-corrected chi connectivity index (χ3v) is 4.63. The van der Waals surface area contributed by atoms with Crippen LogP contribution in [0.3, 0.4) is 0 Å². The van der Waals surface area contributed by atoms with Crippen LogP contribution in [0, 0.1) is 0 Å². The molecule has 1 saturated heterocycles. The summed E-state index contributed by atoms with van der Waals surface area (Å²) >= 11 is 0. The number of hydrogen-bond donors (Lipinski definition) is 0. The minimum Gasteiger partial charge on any atom is -0.460 e. The predicted molar refractivity (Wildman–Crippen MR) is 93.1 cm³/mol. The highest BCUT2D eigenvalue weighted by atomic mass is 19.4. The quantitative estimate of drug-likeness (QED) is 0.674. The van der Waals surface area contributed by atoms with E-state index in [0.717, 1.165) is 16.5 Å². The van der Waals surface area contributed by atoms with E-state index in [2.05, 4.69) is 25.3 Å². The molecule has 8 nitrogen and oxygen atoms in total. The highest BCUT2D eigenvalue weighted by Crippen LogP contribution is 2.28. The zero-order valence-electron chi connectivity index (χ0n) is 15.1. The largest absolute Gasteiger partial charge is 0.460 e. The average molecular weight is 393 g/mol. The Labute approximate surface area is 158 Å². The first-order valence-corrected chi connectivity index (χ1v) is 8.96. The molecule has 0 N–H and O–H groups in total. The summed E-state index contributed by atoms with van der Waals surface area (Å²) in [6.07, 6.45) is 1.06. The zero-order valence-corrected chi connectivity index (χ0v) is 15.1. The van der Waals surface area contributed by atoms with Gasteiger partial charge in [-0.3, -0.25) is 0 Å². The van der Waals surface area contributed by atoms with Crippen molar-refractivity contribution >= 4 is 11.5 Å². The molecule has 4 heterocycles. The second kappa shape index (κ2) is 7.21. The Bertz CT molecular complexity index is 950. The van der Waals surface area contributed by atoms with Crippen LogP contribution in [0.15, 0.2) is 24.5 Å². The molecule has 28 heavy (non-hydrogen) atoms. The number of hydrogen-bond acceptors (Lipinski definition) is 7. The zero-order chi connectivity index (χ0) is 19.7.